The highest BCUT2D eigenvalue weighted by Gasteiger charge is 2.37. The molecule has 1 aromatic carbocycles. The van der Waals surface area contributed by atoms with Gasteiger partial charge in [-0.25, -0.2) is 4.79 Å². The van der Waals surface area contributed by atoms with Gasteiger partial charge in [-0.3, -0.25) is 9.69 Å². The molecular weight excluding hydrogens is 280 g/mol. The summed E-state index contributed by atoms with van der Waals surface area (Å²) < 4.78 is 5.44. The summed E-state index contributed by atoms with van der Waals surface area (Å²) >= 11 is 0. The SMILES string of the molecule is CN1CCN(C(=O)OC(C)(C)C)C(Cc2ccccc2)C1=O. The Morgan fingerprint density at radius 1 is 1.23 bits per heavy atom. The zero-order chi connectivity index (χ0) is 16.3. The van der Waals surface area contributed by atoms with E-state index in [1.807, 2.05) is 51.1 Å². The van der Waals surface area contributed by atoms with Crippen LogP contribution in [-0.2, 0) is 16.0 Å². The predicted octanol–water partition coefficient (Wildman–Crippen LogP) is 2.31. The standard InChI is InChI=1S/C17H24N2O3/c1-17(2,3)22-16(21)19-11-10-18(4)15(20)14(19)12-13-8-6-5-7-9-13/h5-9,14H,10-12H2,1-4H3. The predicted molar refractivity (Wildman–Crippen MR) is 84.5 cm³/mol. The average molecular weight is 304 g/mol. The number of ether oxygens (including phenoxy) is 1. The molecular formula is C17H24N2O3. The van der Waals surface area contributed by atoms with Crippen LogP contribution in [0.1, 0.15) is 26.3 Å². The van der Waals surface area contributed by atoms with Crippen LogP contribution in [0, 0.1) is 0 Å². The number of benzene rings is 1. The highest BCUT2D eigenvalue weighted by molar-refractivity contribution is 5.87. The normalized spacial score (nSPS) is 19.3. The molecule has 1 atom stereocenters. The van der Waals surface area contributed by atoms with Gasteiger partial charge in [0.2, 0.25) is 5.91 Å². The molecule has 0 aliphatic carbocycles. The van der Waals surface area contributed by atoms with Crippen LogP contribution in [0.2, 0.25) is 0 Å². The van der Waals surface area contributed by atoms with Crippen molar-refractivity contribution in [1.29, 1.82) is 0 Å². The van der Waals surface area contributed by atoms with Crippen LogP contribution >= 0.6 is 0 Å². The van der Waals surface area contributed by atoms with Crippen molar-refractivity contribution in [1.82, 2.24) is 9.80 Å². The molecule has 22 heavy (non-hydrogen) atoms. The Bertz CT molecular complexity index is 537. The smallest absolute Gasteiger partial charge is 0.411 e. The van der Waals surface area contributed by atoms with Gasteiger partial charge in [-0.15, -0.1) is 0 Å². The second-order valence-electron chi connectivity index (χ2n) is 6.64. The summed E-state index contributed by atoms with van der Waals surface area (Å²) in [6, 6.07) is 9.23. The lowest BCUT2D eigenvalue weighted by molar-refractivity contribution is -0.139. The molecule has 1 heterocycles. The minimum absolute atomic E-state index is 0.0408. The maximum absolute atomic E-state index is 12.5. The van der Waals surface area contributed by atoms with E-state index < -0.39 is 17.7 Å². The van der Waals surface area contributed by atoms with Gasteiger partial charge in [0.1, 0.15) is 11.6 Å². The van der Waals surface area contributed by atoms with Gasteiger partial charge in [-0.1, -0.05) is 30.3 Å². The average Bonchev–Trinajstić information content (AvgIpc) is 2.43. The Labute approximate surface area is 131 Å². The van der Waals surface area contributed by atoms with Gasteiger partial charge < -0.3 is 9.64 Å². The minimum atomic E-state index is -0.569. The summed E-state index contributed by atoms with van der Waals surface area (Å²) in [5.41, 5.74) is 0.463. The number of carbonyl (C=O) groups excluding carboxylic acids is 2. The highest BCUT2D eigenvalue weighted by atomic mass is 16.6. The molecule has 0 N–H and O–H groups in total. The highest BCUT2D eigenvalue weighted by Crippen LogP contribution is 2.19. The Hall–Kier alpha value is -2.04. The first kappa shape index (κ1) is 16.3. The van der Waals surface area contributed by atoms with E-state index in [1.54, 1.807) is 16.8 Å². The van der Waals surface area contributed by atoms with Crippen molar-refractivity contribution in [3.8, 4) is 0 Å². The zero-order valence-corrected chi connectivity index (χ0v) is 13.7. The number of hydrogen-bond donors (Lipinski definition) is 0. The maximum Gasteiger partial charge on any atom is 0.411 e. The van der Waals surface area contributed by atoms with E-state index in [4.69, 9.17) is 4.74 Å². The van der Waals surface area contributed by atoms with Crippen LogP contribution in [-0.4, -0.2) is 53.6 Å². The van der Waals surface area contributed by atoms with E-state index >= 15 is 0 Å². The van der Waals surface area contributed by atoms with Crippen molar-refractivity contribution in [2.45, 2.75) is 38.8 Å². The van der Waals surface area contributed by atoms with E-state index in [9.17, 15) is 9.59 Å². The number of likely N-dealkylation sites (N-methyl/N-ethyl adjacent to an activating group) is 1. The summed E-state index contributed by atoms with van der Waals surface area (Å²) in [5, 5.41) is 0. The first-order valence-electron chi connectivity index (χ1n) is 7.56. The summed E-state index contributed by atoms with van der Waals surface area (Å²) in [4.78, 5) is 28.1. The lowest BCUT2D eigenvalue weighted by Gasteiger charge is -2.39. The van der Waals surface area contributed by atoms with Crippen molar-refractivity contribution < 1.29 is 14.3 Å². The molecule has 0 bridgehead atoms. The quantitative estimate of drug-likeness (QED) is 0.842. The third kappa shape index (κ3) is 4.00. The molecule has 1 unspecified atom stereocenters. The van der Waals surface area contributed by atoms with Crippen LogP contribution in [0.25, 0.3) is 0 Å². The Morgan fingerprint density at radius 2 is 1.86 bits per heavy atom. The zero-order valence-electron chi connectivity index (χ0n) is 13.7. The Morgan fingerprint density at radius 3 is 2.45 bits per heavy atom. The number of piperazine rings is 1. The van der Waals surface area contributed by atoms with Gasteiger partial charge in [0, 0.05) is 26.6 Å². The fourth-order valence-corrected chi connectivity index (χ4v) is 2.49. The number of carbonyl (C=O) groups is 2. The van der Waals surface area contributed by atoms with Gasteiger partial charge in [-0.05, 0) is 26.3 Å². The molecule has 1 aliphatic heterocycles. The van der Waals surface area contributed by atoms with Crippen molar-refractivity contribution in [3.63, 3.8) is 0 Å². The third-order valence-corrected chi connectivity index (χ3v) is 3.61. The van der Waals surface area contributed by atoms with Crippen molar-refractivity contribution in [3.05, 3.63) is 35.9 Å². The summed E-state index contributed by atoms with van der Waals surface area (Å²) in [6.07, 6.45) is 0.0818. The molecule has 1 aromatic rings. The van der Waals surface area contributed by atoms with Crippen molar-refractivity contribution in [2.24, 2.45) is 0 Å². The lowest BCUT2D eigenvalue weighted by atomic mass is 10.0. The number of nitrogens with zero attached hydrogens (tertiary/aromatic N) is 2. The number of hydrogen-bond acceptors (Lipinski definition) is 3. The Kier molecular flexibility index (Phi) is 4.74. The fraction of sp³-hybridized carbons (Fsp3) is 0.529. The lowest BCUT2D eigenvalue weighted by Crippen LogP contribution is -2.59. The van der Waals surface area contributed by atoms with E-state index in [1.165, 1.54) is 0 Å². The summed E-state index contributed by atoms with van der Waals surface area (Å²) in [7, 11) is 1.77. The monoisotopic (exact) mass is 304 g/mol. The number of amides is 2. The molecule has 2 amide bonds. The molecule has 0 spiro atoms. The molecule has 120 valence electrons. The van der Waals surface area contributed by atoms with Crippen LogP contribution in [0.4, 0.5) is 4.79 Å². The van der Waals surface area contributed by atoms with Crippen LogP contribution in [0.5, 0.6) is 0 Å². The second-order valence-corrected chi connectivity index (χ2v) is 6.64. The number of rotatable bonds is 2. The molecule has 0 radical (unpaired) electrons. The molecule has 1 fully saturated rings. The fourth-order valence-electron chi connectivity index (χ4n) is 2.49. The van der Waals surface area contributed by atoms with Crippen molar-refractivity contribution in [2.75, 3.05) is 20.1 Å². The van der Waals surface area contributed by atoms with Crippen LogP contribution < -0.4 is 0 Å². The summed E-state index contributed by atoms with van der Waals surface area (Å²) in [6.45, 7) is 6.51. The first-order valence-corrected chi connectivity index (χ1v) is 7.56. The van der Waals surface area contributed by atoms with Gasteiger partial charge in [0.05, 0.1) is 0 Å². The Balaban J connectivity index is 2.19. The van der Waals surface area contributed by atoms with Gasteiger partial charge in [-0.2, -0.15) is 0 Å². The van der Waals surface area contributed by atoms with Gasteiger partial charge in [0.15, 0.2) is 0 Å². The third-order valence-electron chi connectivity index (χ3n) is 3.61. The van der Waals surface area contributed by atoms with E-state index in [-0.39, 0.29) is 5.91 Å². The van der Waals surface area contributed by atoms with Crippen LogP contribution in [0.15, 0.2) is 30.3 Å². The molecule has 5 heteroatoms. The minimum Gasteiger partial charge on any atom is -0.444 e. The molecule has 2 rings (SSSR count). The van der Waals surface area contributed by atoms with Crippen LogP contribution in [0.3, 0.4) is 0 Å². The molecule has 1 aliphatic rings. The van der Waals surface area contributed by atoms with E-state index in [0.717, 1.165) is 5.56 Å². The maximum atomic E-state index is 12.5. The molecule has 1 saturated heterocycles. The van der Waals surface area contributed by atoms with Gasteiger partial charge in [0.25, 0.3) is 0 Å². The molecule has 0 saturated carbocycles. The first-order chi connectivity index (χ1) is 10.3. The van der Waals surface area contributed by atoms with E-state index in [2.05, 4.69) is 0 Å². The molecule has 5 nitrogen and oxygen atoms in total. The topological polar surface area (TPSA) is 49.9 Å². The second kappa shape index (κ2) is 6.38. The van der Waals surface area contributed by atoms with Crippen molar-refractivity contribution >= 4 is 12.0 Å². The largest absolute Gasteiger partial charge is 0.444 e. The van der Waals surface area contributed by atoms with Gasteiger partial charge >= 0.3 is 6.09 Å². The molecule has 0 aromatic heterocycles. The summed E-state index contributed by atoms with van der Waals surface area (Å²) in [5.74, 6) is -0.0408. The van der Waals surface area contributed by atoms with E-state index in [0.29, 0.717) is 19.5 Å².